The molecule has 0 aliphatic heterocycles. The lowest BCUT2D eigenvalue weighted by Crippen LogP contribution is -1.99. The maximum Gasteiger partial charge on any atom is 0.335 e. The van der Waals surface area contributed by atoms with E-state index in [1.165, 1.54) is 0 Å². The highest BCUT2D eigenvalue weighted by molar-refractivity contribution is 5.91. The Morgan fingerprint density at radius 3 is 2.67 bits per heavy atom. The van der Waals surface area contributed by atoms with Crippen molar-refractivity contribution in [3.63, 3.8) is 0 Å². The quantitative estimate of drug-likeness (QED) is 0.701. The Kier molecular flexibility index (Phi) is 4.57. The second kappa shape index (κ2) is 6.96. The number of rotatable bonds is 5. The molecule has 0 bridgehead atoms. The van der Waals surface area contributed by atoms with Crippen LogP contribution in [0.5, 0.6) is 0 Å². The fourth-order valence-electron chi connectivity index (χ4n) is 2.41. The number of nitrogens with zero attached hydrogens (tertiary/aromatic N) is 1. The van der Waals surface area contributed by atoms with Crippen LogP contribution in [-0.4, -0.2) is 17.3 Å². The summed E-state index contributed by atoms with van der Waals surface area (Å²) in [6, 6.07) is 18.9. The second-order valence-electron chi connectivity index (χ2n) is 5.49. The molecule has 120 valence electrons. The lowest BCUT2D eigenvalue weighted by Gasteiger charge is -2.03. The molecule has 4 nitrogen and oxygen atoms in total. The van der Waals surface area contributed by atoms with Crippen molar-refractivity contribution in [2.24, 2.45) is 4.99 Å². The standard InChI is InChI=1S/C20H17NO3/c1-14-7-8-16(11-18(14)20(22)23)19-10-9-17(24-19)13-21-12-15-5-3-2-4-6-15/h2-11,13H,12H2,1H3,(H,22,23). The molecule has 1 aromatic heterocycles. The van der Waals surface area contributed by atoms with Gasteiger partial charge in [-0.25, -0.2) is 4.79 Å². The summed E-state index contributed by atoms with van der Waals surface area (Å²) in [6.07, 6.45) is 1.68. The number of carboxylic acid groups (broad SMARTS) is 1. The molecule has 0 amide bonds. The van der Waals surface area contributed by atoms with Crippen molar-refractivity contribution in [2.45, 2.75) is 13.5 Å². The van der Waals surface area contributed by atoms with E-state index in [0.29, 0.717) is 18.1 Å². The maximum atomic E-state index is 11.2. The van der Waals surface area contributed by atoms with Crippen molar-refractivity contribution in [2.75, 3.05) is 0 Å². The Labute approximate surface area is 140 Å². The van der Waals surface area contributed by atoms with Crippen LogP contribution in [-0.2, 0) is 6.54 Å². The Bertz CT molecular complexity index is 879. The van der Waals surface area contributed by atoms with E-state index < -0.39 is 5.97 Å². The van der Waals surface area contributed by atoms with E-state index in [1.54, 1.807) is 25.3 Å². The SMILES string of the molecule is Cc1ccc(-c2ccc(C=NCc3ccccc3)o2)cc1C(=O)O. The van der Waals surface area contributed by atoms with Crippen LogP contribution in [0.4, 0.5) is 0 Å². The van der Waals surface area contributed by atoms with Gasteiger partial charge in [0.1, 0.15) is 11.5 Å². The normalized spacial score (nSPS) is 11.0. The lowest BCUT2D eigenvalue weighted by atomic mass is 10.0. The molecule has 0 spiro atoms. The molecule has 2 aromatic carbocycles. The third-order valence-electron chi connectivity index (χ3n) is 3.71. The van der Waals surface area contributed by atoms with Gasteiger partial charge in [-0.1, -0.05) is 42.5 Å². The topological polar surface area (TPSA) is 62.8 Å². The van der Waals surface area contributed by atoms with Crippen molar-refractivity contribution in [3.8, 4) is 11.3 Å². The molecular weight excluding hydrogens is 302 g/mol. The zero-order chi connectivity index (χ0) is 16.9. The van der Waals surface area contributed by atoms with Crippen molar-refractivity contribution in [1.29, 1.82) is 0 Å². The monoisotopic (exact) mass is 319 g/mol. The Balaban J connectivity index is 1.76. The summed E-state index contributed by atoms with van der Waals surface area (Å²) in [5, 5.41) is 9.21. The summed E-state index contributed by atoms with van der Waals surface area (Å²) in [6.45, 7) is 2.36. The lowest BCUT2D eigenvalue weighted by molar-refractivity contribution is 0.0696. The number of benzene rings is 2. The predicted molar refractivity (Wildman–Crippen MR) is 93.6 cm³/mol. The molecule has 0 fully saturated rings. The molecule has 0 atom stereocenters. The molecule has 0 unspecified atom stereocenters. The largest absolute Gasteiger partial charge is 0.478 e. The van der Waals surface area contributed by atoms with E-state index in [9.17, 15) is 9.90 Å². The van der Waals surface area contributed by atoms with Crippen molar-refractivity contribution in [1.82, 2.24) is 0 Å². The predicted octanol–water partition coefficient (Wildman–Crippen LogP) is 4.57. The summed E-state index contributed by atoms with van der Waals surface area (Å²) in [5.74, 6) is 0.322. The zero-order valence-electron chi connectivity index (χ0n) is 13.3. The van der Waals surface area contributed by atoms with Gasteiger partial charge in [-0.05, 0) is 36.2 Å². The van der Waals surface area contributed by atoms with Gasteiger partial charge in [0.2, 0.25) is 0 Å². The minimum absolute atomic E-state index is 0.281. The van der Waals surface area contributed by atoms with E-state index in [-0.39, 0.29) is 5.56 Å². The van der Waals surface area contributed by atoms with Crippen molar-refractivity contribution >= 4 is 12.2 Å². The maximum absolute atomic E-state index is 11.2. The van der Waals surface area contributed by atoms with Crippen molar-refractivity contribution in [3.05, 3.63) is 83.1 Å². The van der Waals surface area contributed by atoms with E-state index in [1.807, 2.05) is 48.5 Å². The first kappa shape index (κ1) is 15.7. The highest BCUT2D eigenvalue weighted by Gasteiger charge is 2.10. The van der Waals surface area contributed by atoms with E-state index in [2.05, 4.69) is 4.99 Å². The van der Waals surface area contributed by atoms with E-state index in [4.69, 9.17) is 4.42 Å². The second-order valence-corrected chi connectivity index (χ2v) is 5.49. The van der Waals surface area contributed by atoms with E-state index in [0.717, 1.165) is 16.7 Å². The Morgan fingerprint density at radius 2 is 1.92 bits per heavy atom. The summed E-state index contributed by atoms with van der Waals surface area (Å²) < 4.78 is 5.74. The number of carboxylic acids is 1. The zero-order valence-corrected chi connectivity index (χ0v) is 13.3. The highest BCUT2D eigenvalue weighted by atomic mass is 16.4. The summed E-state index contributed by atoms with van der Waals surface area (Å²) >= 11 is 0. The minimum Gasteiger partial charge on any atom is -0.478 e. The fourth-order valence-corrected chi connectivity index (χ4v) is 2.41. The molecule has 0 saturated carbocycles. The van der Waals surface area contributed by atoms with Gasteiger partial charge in [0.15, 0.2) is 0 Å². The van der Waals surface area contributed by atoms with Crippen LogP contribution in [0, 0.1) is 6.92 Å². The van der Waals surface area contributed by atoms with Crippen LogP contribution < -0.4 is 0 Å². The number of hydrogen-bond donors (Lipinski definition) is 1. The van der Waals surface area contributed by atoms with Gasteiger partial charge in [0.25, 0.3) is 0 Å². The van der Waals surface area contributed by atoms with Gasteiger partial charge in [0, 0.05) is 5.56 Å². The smallest absolute Gasteiger partial charge is 0.335 e. The van der Waals surface area contributed by atoms with Crippen LogP contribution in [0.15, 0.2) is 70.1 Å². The number of aliphatic imine (C=N–C) groups is 1. The Morgan fingerprint density at radius 1 is 1.12 bits per heavy atom. The van der Waals surface area contributed by atoms with Gasteiger partial charge in [0.05, 0.1) is 18.3 Å². The van der Waals surface area contributed by atoms with Crippen molar-refractivity contribution < 1.29 is 14.3 Å². The number of furan rings is 1. The first-order valence-electron chi connectivity index (χ1n) is 7.61. The minimum atomic E-state index is -0.939. The molecule has 0 saturated heterocycles. The molecular formula is C20H17NO3. The summed E-state index contributed by atoms with van der Waals surface area (Å²) in [4.78, 5) is 15.6. The molecule has 3 aromatic rings. The summed E-state index contributed by atoms with van der Waals surface area (Å²) in [7, 11) is 0. The van der Waals surface area contributed by atoms with Gasteiger partial charge >= 0.3 is 5.97 Å². The molecule has 4 heteroatoms. The van der Waals surface area contributed by atoms with Crippen LogP contribution in [0.1, 0.15) is 27.2 Å². The average molecular weight is 319 g/mol. The molecule has 24 heavy (non-hydrogen) atoms. The van der Waals surface area contributed by atoms with E-state index >= 15 is 0 Å². The third kappa shape index (κ3) is 3.60. The first-order valence-corrected chi connectivity index (χ1v) is 7.61. The number of carbonyl (C=O) groups is 1. The third-order valence-corrected chi connectivity index (χ3v) is 3.71. The Hall–Kier alpha value is -3.14. The molecule has 0 aliphatic rings. The molecule has 3 rings (SSSR count). The van der Waals surface area contributed by atoms with Gasteiger partial charge in [-0.2, -0.15) is 0 Å². The van der Waals surface area contributed by atoms with Crippen LogP contribution in [0.25, 0.3) is 11.3 Å². The first-order chi connectivity index (χ1) is 11.6. The number of aryl methyl sites for hydroxylation is 1. The molecule has 0 aliphatic carbocycles. The van der Waals surface area contributed by atoms with Crippen LogP contribution >= 0.6 is 0 Å². The van der Waals surface area contributed by atoms with Gasteiger partial charge in [-0.15, -0.1) is 0 Å². The molecule has 1 N–H and O–H groups in total. The fraction of sp³-hybridized carbons (Fsp3) is 0.100. The molecule has 1 heterocycles. The molecule has 0 radical (unpaired) electrons. The number of aromatic carboxylic acids is 1. The highest BCUT2D eigenvalue weighted by Crippen LogP contribution is 2.24. The summed E-state index contributed by atoms with van der Waals surface area (Å²) in [5.41, 5.74) is 2.87. The number of hydrogen-bond acceptors (Lipinski definition) is 3. The van der Waals surface area contributed by atoms with Gasteiger partial charge < -0.3 is 9.52 Å². The van der Waals surface area contributed by atoms with Crippen LogP contribution in [0.3, 0.4) is 0 Å². The average Bonchev–Trinajstić information content (AvgIpc) is 3.05. The van der Waals surface area contributed by atoms with Gasteiger partial charge in [-0.3, -0.25) is 4.99 Å². The van der Waals surface area contributed by atoms with Crippen LogP contribution in [0.2, 0.25) is 0 Å².